The number of hydroxylamine groups is 2. The summed E-state index contributed by atoms with van der Waals surface area (Å²) in [6.45, 7) is 3.22. The normalized spacial score (nSPS) is 23.1. The van der Waals surface area contributed by atoms with Crippen molar-refractivity contribution >= 4 is 5.91 Å². The topological polar surface area (TPSA) is 41.6 Å². The van der Waals surface area contributed by atoms with Gasteiger partial charge in [0.05, 0.1) is 7.11 Å². The van der Waals surface area contributed by atoms with Crippen LogP contribution < -0.4 is 5.32 Å². The highest BCUT2D eigenvalue weighted by atomic mass is 16.7. The molecule has 1 saturated heterocycles. The average Bonchev–Trinajstić information content (AvgIpc) is 2.84. The summed E-state index contributed by atoms with van der Waals surface area (Å²) in [4.78, 5) is 16.7. The zero-order valence-corrected chi connectivity index (χ0v) is 11.1. The summed E-state index contributed by atoms with van der Waals surface area (Å²) in [7, 11) is 3.09. The van der Waals surface area contributed by atoms with Gasteiger partial charge in [-0.15, -0.1) is 0 Å². The van der Waals surface area contributed by atoms with Crippen molar-refractivity contribution in [1.29, 1.82) is 0 Å². The molecule has 1 fully saturated rings. The Balaban J connectivity index is 2.08. The SMILES string of the molecule is CON(C)C(=O)c1ccc([C@@H]2CN[C@H](C)C2)cc1. The van der Waals surface area contributed by atoms with Crippen LogP contribution in [0, 0.1) is 0 Å². The second-order valence-electron chi connectivity index (χ2n) is 4.85. The van der Waals surface area contributed by atoms with Gasteiger partial charge in [0.15, 0.2) is 0 Å². The fourth-order valence-electron chi connectivity index (χ4n) is 2.35. The van der Waals surface area contributed by atoms with E-state index in [-0.39, 0.29) is 5.91 Å². The summed E-state index contributed by atoms with van der Waals surface area (Å²) >= 11 is 0. The lowest BCUT2D eigenvalue weighted by atomic mass is 9.95. The molecule has 0 bridgehead atoms. The Morgan fingerprint density at radius 1 is 1.39 bits per heavy atom. The van der Waals surface area contributed by atoms with E-state index in [0.29, 0.717) is 17.5 Å². The molecule has 0 saturated carbocycles. The van der Waals surface area contributed by atoms with Gasteiger partial charge in [0, 0.05) is 25.2 Å². The van der Waals surface area contributed by atoms with Crippen LogP contribution >= 0.6 is 0 Å². The third kappa shape index (κ3) is 2.71. The van der Waals surface area contributed by atoms with E-state index in [9.17, 15) is 4.79 Å². The van der Waals surface area contributed by atoms with E-state index in [4.69, 9.17) is 4.84 Å². The van der Waals surface area contributed by atoms with E-state index in [1.54, 1.807) is 7.05 Å². The standard InChI is InChI=1S/C14H20N2O2/c1-10-8-13(9-15-10)11-4-6-12(7-5-11)14(17)16(2)18-3/h4-7,10,13,15H,8-9H2,1-3H3/t10-,13+/m1/s1. The Kier molecular flexibility index (Phi) is 3.99. The highest BCUT2D eigenvalue weighted by Crippen LogP contribution is 2.25. The lowest BCUT2D eigenvalue weighted by Gasteiger charge is -2.14. The van der Waals surface area contributed by atoms with E-state index in [0.717, 1.165) is 13.0 Å². The maximum absolute atomic E-state index is 11.8. The molecule has 4 heteroatoms. The third-order valence-corrected chi connectivity index (χ3v) is 3.54. The predicted molar refractivity (Wildman–Crippen MR) is 70.4 cm³/mol. The van der Waals surface area contributed by atoms with Crippen LogP contribution in [0.2, 0.25) is 0 Å². The first-order valence-corrected chi connectivity index (χ1v) is 6.27. The summed E-state index contributed by atoms with van der Waals surface area (Å²) in [6, 6.07) is 8.41. The number of carbonyl (C=O) groups is 1. The van der Waals surface area contributed by atoms with Crippen LogP contribution in [-0.4, -0.2) is 37.7 Å². The molecule has 18 heavy (non-hydrogen) atoms. The van der Waals surface area contributed by atoms with Gasteiger partial charge in [-0.25, -0.2) is 5.06 Å². The summed E-state index contributed by atoms with van der Waals surface area (Å²) in [5.41, 5.74) is 1.95. The molecule has 4 nitrogen and oxygen atoms in total. The molecule has 1 amide bonds. The molecule has 1 aliphatic heterocycles. The minimum atomic E-state index is -0.123. The monoisotopic (exact) mass is 248 g/mol. The van der Waals surface area contributed by atoms with E-state index >= 15 is 0 Å². The van der Waals surface area contributed by atoms with Crippen molar-refractivity contribution in [1.82, 2.24) is 10.4 Å². The van der Waals surface area contributed by atoms with E-state index < -0.39 is 0 Å². The molecule has 1 N–H and O–H groups in total. The fraction of sp³-hybridized carbons (Fsp3) is 0.500. The lowest BCUT2D eigenvalue weighted by Crippen LogP contribution is -2.25. The Labute approximate surface area is 108 Å². The van der Waals surface area contributed by atoms with Crippen LogP contribution in [0.3, 0.4) is 0 Å². The zero-order chi connectivity index (χ0) is 13.1. The molecule has 2 atom stereocenters. The summed E-state index contributed by atoms with van der Waals surface area (Å²) in [6.07, 6.45) is 1.16. The van der Waals surface area contributed by atoms with Crippen molar-refractivity contribution in [2.75, 3.05) is 20.7 Å². The molecular formula is C14H20N2O2. The van der Waals surface area contributed by atoms with Crippen LogP contribution in [0.5, 0.6) is 0 Å². The van der Waals surface area contributed by atoms with Crippen molar-refractivity contribution in [3.8, 4) is 0 Å². The minimum absolute atomic E-state index is 0.123. The van der Waals surface area contributed by atoms with Crippen LogP contribution in [-0.2, 0) is 4.84 Å². The van der Waals surface area contributed by atoms with Crippen molar-refractivity contribution in [2.45, 2.75) is 25.3 Å². The average molecular weight is 248 g/mol. The third-order valence-electron chi connectivity index (χ3n) is 3.54. The van der Waals surface area contributed by atoms with Crippen molar-refractivity contribution in [2.24, 2.45) is 0 Å². The largest absolute Gasteiger partial charge is 0.314 e. The second-order valence-corrected chi connectivity index (χ2v) is 4.85. The quantitative estimate of drug-likeness (QED) is 0.829. The van der Waals surface area contributed by atoms with Crippen LogP contribution in [0.15, 0.2) is 24.3 Å². The first kappa shape index (κ1) is 13.1. The lowest BCUT2D eigenvalue weighted by molar-refractivity contribution is -0.0757. The Morgan fingerprint density at radius 3 is 2.56 bits per heavy atom. The number of rotatable bonds is 3. The molecule has 2 rings (SSSR count). The van der Waals surface area contributed by atoms with Crippen LogP contribution in [0.25, 0.3) is 0 Å². The molecule has 0 aromatic heterocycles. The van der Waals surface area contributed by atoms with Gasteiger partial charge in [-0.3, -0.25) is 9.63 Å². The number of benzene rings is 1. The fourth-order valence-corrected chi connectivity index (χ4v) is 2.35. The first-order chi connectivity index (χ1) is 8.61. The number of nitrogens with zero attached hydrogens (tertiary/aromatic N) is 1. The van der Waals surface area contributed by atoms with E-state index in [2.05, 4.69) is 12.2 Å². The van der Waals surface area contributed by atoms with Gasteiger partial charge in [-0.2, -0.15) is 0 Å². The van der Waals surface area contributed by atoms with Crippen molar-refractivity contribution < 1.29 is 9.63 Å². The Hall–Kier alpha value is -1.39. The Bertz CT molecular complexity index is 416. The highest BCUT2D eigenvalue weighted by molar-refractivity contribution is 5.93. The smallest absolute Gasteiger partial charge is 0.277 e. The second kappa shape index (κ2) is 5.50. The molecule has 1 aliphatic rings. The van der Waals surface area contributed by atoms with Crippen LogP contribution in [0.4, 0.5) is 0 Å². The van der Waals surface area contributed by atoms with Crippen LogP contribution in [0.1, 0.15) is 35.2 Å². The summed E-state index contributed by atoms with van der Waals surface area (Å²) in [5, 5.41) is 4.67. The van der Waals surface area contributed by atoms with E-state index in [1.807, 2.05) is 24.3 Å². The molecule has 0 radical (unpaired) electrons. The molecule has 1 heterocycles. The van der Waals surface area contributed by atoms with Crippen molar-refractivity contribution in [3.63, 3.8) is 0 Å². The highest BCUT2D eigenvalue weighted by Gasteiger charge is 2.22. The van der Waals surface area contributed by atoms with Gasteiger partial charge in [-0.05, 0) is 37.0 Å². The maximum Gasteiger partial charge on any atom is 0.277 e. The molecule has 0 spiro atoms. The van der Waals surface area contributed by atoms with Gasteiger partial charge in [-0.1, -0.05) is 12.1 Å². The molecule has 0 aliphatic carbocycles. The van der Waals surface area contributed by atoms with Gasteiger partial charge >= 0.3 is 0 Å². The Morgan fingerprint density at radius 2 is 2.06 bits per heavy atom. The molecule has 1 aromatic rings. The number of carbonyl (C=O) groups excluding carboxylic acids is 1. The maximum atomic E-state index is 11.8. The van der Waals surface area contributed by atoms with Gasteiger partial charge < -0.3 is 5.32 Å². The molecule has 0 unspecified atom stereocenters. The number of hydrogen-bond donors (Lipinski definition) is 1. The van der Waals surface area contributed by atoms with Gasteiger partial charge in [0.2, 0.25) is 0 Å². The number of nitrogens with one attached hydrogen (secondary N) is 1. The number of hydrogen-bond acceptors (Lipinski definition) is 3. The van der Waals surface area contributed by atoms with E-state index in [1.165, 1.54) is 17.7 Å². The van der Waals surface area contributed by atoms with Gasteiger partial charge in [0.25, 0.3) is 5.91 Å². The zero-order valence-electron chi connectivity index (χ0n) is 11.1. The first-order valence-electron chi connectivity index (χ1n) is 6.27. The molecule has 98 valence electrons. The summed E-state index contributed by atoms with van der Waals surface area (Å²) in [5.74, 6) is 0.436. The minimum Gasteiger partial charge on any atom is -0.314 e. The van der Waals surface area contributed by atoms with Gasteiger partial charge in [0.1, 0.15) is 0 Å². The predicted octanol–water partition coefficient (Wildman–Crippen LogP) is 1.79. The summed E-state index contributed by atoms with van der Waals surface area (Å²) < 4.78 is 0. The molecule has 1 aromatic carbocycles. The number of amides is 1. The van der Waals surface area contributed by atoms with Crippen molar-refractivity contribution in [3.05, 3.63) is 35.4 Å². The molecular weight excluding hydrogens is 228 g/mol.